The van der Waals surface area contributed by atoms with Crippen LogP contribution in [0.4, 0.5) is 0 Å². The van der Waals surface area contributed by atoms with Crippen LogP contribution in [0, 0.1) is 5.92 Å². The minimum absolute atomic E-state index is 0.0974. The Bertz CT molecular complexity index is 323. The summed E-state index contributed by atoms with van der Waals surface area (Å²) in [5.41, 5.74) is 0. The Morgan fingerprint density at radius 2 is 2.33 bits per heavy atom. The Labute approximate surface area is 97.5 Å². The first-order valence-corrected chi connectivity index (χ1v) is 5.40. The Balaban J connectivity index is 1.92. The zero-order valence-electron chi connectivity index (χ0n) is 7.95. The molecule has 1 fully saturated rings. The van der Waals surface area contributed by atoms with Gasteiger partial charge in [0.15, 0.2) is 0 Å². The van der Waals surface area contributed by atoms with Crippen molar-refractivity contribution >= 4 is 23.2 Å². The monoisotopic (exact) mass is 248 g/mol. The molecule has 0 radical (unpaired) electrons. The van der Waals surface area contributed by atoms with Gasteiger partial charge in [0.05, 0.1) is 13.2 Å². The number of ether oxygens (including phenoxy) is 2. The first kappa shape index (κ1) is 10.9. The van der Waals surface area contributed by atoms with Gasteiger partial charge in [-0.25, -0.2) is 4.98 Å². The van der Waals surface area contributed by atoms with E-state index in [1.807, 2.05) is 0 Å². The number of halogens is 2. The van der Waals surface area contributed by atoms with E-state index in [0.717, 1.165) is 19.6 Å². The third-order valence-electron chi connectivity index (χ3n) is 2.14. The third kappa shape index (κ3) is 3.19. The van der Waals surface area contributed by atoms with Gasteiger partial charge in [-0.15, -0.1) is 0 Å². The van der Waals surface area contributed by atoms with Gasteiger partial charge in [0.2, 0.25) is 11.2 Å². The highest BCUT2D eigenvalue weighted by Gasteiger charge is 2.16. The fourth-order valence-electron chi connectivity index (χ4n) is 1.36. The molecule has 0 aromatic carbocycles. The molecule has 1 atom stereocenters. The third-order valence-corrected chi connectivity index (χ3v) is 2.50. The van der Waals surface area contributed by atoms with Crippen LogP contribution >= 0.6 is 23.2 Å². The lowest BCUT2D eigenvalue weighted by atomic mass is 10.1. The lowest BCUT2D eigenvalue weighted by molar-refractivity contribution is 0.165. The van der Waals surface area contributed by atoms with Crippen LogP contribution in [-0.4, -0.2) is 29.8 Å². The van der Waals surface area contributed by atoms with Crippen molar-refractivity contribution < 1.29 is 9.47 Å². The number of nitrogens with zero attached hydrogens (tertiary/aromatic N) is 2. The number of rotatable bonds is 3. The van der Waals surface area contributed by atoms with E-state index in [1.165, 1.54) is 0 Å². The summed E-state index contributed by atoms with van der Waals surface area (Å²) >= 11 is 11.3. The van der Waals surface area contributed by atoms with Gasteiger partial charge in [0, 0.05) is 18.6 Å². The first-order chi connectivity index (χ1) is 7.24. The van der Waals surface area contributed by atoms with E-state index in [0.29, 0.717) is 18.4 Å². The van der Waals surface area contributed by atoms with Gasteiger partial charge in [-0.2, -0.15) is 4.98 Å². The summed E-state index contributed by atoms with van der Waals surface area (Å²) in [6.45, 7) is 2.12. The van der Waals surface area contributed by atoms with Crippen molar-refractivity contribution in [3.05, 3.63) is 16.5 Å². The van der Waals surface area contributed by atoms with Crippen LogP contribution in [0.25, 0.3) is 0 Å². The molecule has 0 saturated carbocycles. The predicted octanol–water partition coefficient (Wildman–Crippen LogP) is 2.20. The molecule has 82 valence electrons. The van der Waals surface area contributed by atoms with Gasteiger partial charge in [-0.3, -0.25) is 0 Å². The Morgan fingerprint density at radius 1 is 1.47 bits per heavy atom. The molecule has 4 nitrogen and oxygen atoms in total. The average Bonchev–Trinajstić information content (AvgIpc) is 2.65. The van der Waals surface area contributed by atoms with Crippen LogP contribution < -0.4 is 4.74 Å². The standard InChI is InChI=1S/C9H10Cl2N2O2/c10-7-3-8(13-9(11)12-7)15-5-6-1-2-14-4-6/h3,6H,1-2,4-5H2. The molecular formula is C9H10Cl2N2O2. The van der Waals surface area contributed by atoms with E-state index in [1.54, 1.807) is 6.07 Å². The second-order valence-corrected chi connectivity index (χ2v) is 4.06. The van der Waals surface area contributed by atoms with Crippen molar-refractivity contribution in [3.63, 3.8) is 0 Å². The van der Waals surface area contributed by atoms with E-state index in [2.05, 4.69) is 9.97 Å². The average molecular weight is 249 g/mol. The van der Waals surface area contributed by atoms with E-state index in [4.69, 9.17) is 32.7 Å². The molecule has 1 aliphatic heterocycles. The highest BCUT2D eigenvalue weighted by atomic mass is 35.5. The summed E-state index contributed by atoms with van der Waals surface area (Å²) in [7, 11) is 0. The molecule has 1 aromatic heterocycles. The minimum Gasteiger partial charge on any atom is -0.477 e. The number of hydrogen-bond donors (Lipinski definition) is 0. The lowest BCUT2D eigenvalue weighted by Crippen LogP contribution is -2.12. The van der Waals surface area contributed by atoms with E-state index in [9.17, 15) is 0 Å². The zero-order chi connectivity index (χ0) is 10.7. The summed E-state index contributed by atoms with van der Waals surface area (Å²) in [6.07, 6.45) is 1.02. The molecule has 2 heterocycles. The van der Waals surface area contributed by atoms with Crippen molar-refractivity contribution in [1.29, 1.82) is 0 Å². The van der Waals surface area contributed by atoms with Crippen LogP contribution in [0.15, 0.2) is 6.07 Å². The second kappa shape index (κ2) is 4.96. The molecule has 6 heteroatoms. The molecule has 2 rings (SSSR count). The maximum atomic E-state index is 5.71. The fourth-order valence-corrected chi connectivity index (χ4v) is 1.75. The molecule has 0 bridgehead atoms. The molecule has 1 saturated heterocycles. The Kier molecular flexibility index (Phi) is 3.61. The molecule has 1 unspecified atom stereocenters. The van der Waals surface area contributed by atoms with Crippen molar-refractivity contribution in [2.75, 3.05) is 19.8 Å². The second-order valence-electron chi connectivity index (χ2n) is 3.34. The topological polar surface area (TPSA) is 44.2 Å². The van der Waals surface area contributed by atoms with Gasteiger partial charge in [0.1, 0.15) is 5.15 Å². The van der Waals surface area contributed by atoms with Crippen LogP contribution in [0.1, 0.15) is 6.42 Å². The largest absolute Gasteiger partial charge is 0.477 e. The van der Waals surface area contributed by atoms with E-state index < -0.39 is 0 Å². The van der Waals surface area contributed by atoms with Crippen molar-refractivity contribution in [1.82, 2.24) is 9.97 Å². The molecular weight excluding hydrogens is 239 g/mol. The molecule has 0 amide bonds. The smallest absolute Gasteiger partial charge is 0.227 e. The molecule has 0 N–H and O–H groups in total. The summed E-state index contributed by atoms with van der Waals surface area (Å²) in [5, 5.41) is 0.382. The summed E-state index contributed by atoms with van der Waals surface area (Å²) < 4.78 is 10.7. The number of aromatic nitrogens is 2. The van der Waals surface area contributed by atoms with E-state index in [-0.39, 0.29) is 10.4 Å². The number of hydrogen-bond acceptors (Lipinski definition) is 4. The van der Waals surface area contributed by atoms with Gasteiger partial charge in [-0.05, 0) is 18.0 Å². The fraction of sp³-hybridized carbons (Fsp3) is 0.556. The SMILES string of the molecule is Clc1cc(OCC2CCOC2)nc(Cl)n1. The lowest BCUT2D eigenvalue weighted by Gasteiger charge is -2.09. The quantitative estimate of drug-likeness (QED) is 0.608. The van der Waals surface area contributed by atoms with E-state index >= 15 is 0 Å². The molecule has 15 heavy (non-hydrogen) atoms. The Hall–Kier alpha value is -0.580. The van der Waals surface area contributed by atoms with Gasteiger partial charge in [0.25, 0.3) is 0 Å². The van der Waals surface area contributed by atoms with Crippen molar-refractivity contribution in [3.8, 4) is 5.88 Å². The highest BCUT2D eigenvalue weighted by molar-refractivity contribution is 6.31. The molecule has 1 aliphatic rings. The van der Waals surface area contributed by atoms with Crippen LogP contribution in [0.2, 0.25) is 10.4 Å². The van der Waals surface area contributed by atoms with Crippen LogP contribution in [0.5, 0.6) is 5.88 Å². The molecule has 1 aromatic rings. The van der Waals surface area contributed by atoms with Gasteiger partial charge < -0.3 is 9.47 Å². The van der Waals surface area contributed by atoms with Crippen LogP contribution in [-0.2, 0) is 4.74 Å². The van der Waals surface area contributed by atoms with Gasteiger partial charge in [-0.1, -0.05) is 11.6 Å². The van der Waals surface area contributed by atoms with Crippen molar-refractivity contribution in [2.24, 2.45) is 5.92 Å². The molecule has 0 spiro atoms. The summed E-state index contributed by atoms with van der Waals surface area (Å²) in [4.78, 5) is 7.63. The maximum absolute atomic E-state index is 5.71. The minimum atomic E-state index is 0.0974. The normalized spacial score (nSPS) is 20.5. The summed E-state index contributed by atoms with van der Waals surface area (Å²) in [6, 6.07) is 1.54. The van der Waals surface area contributed by atoms with Crippen LogP contribution in [0.3, 0.4) is 0 Å². The Morgan fingerprint density at radius 3 is 3.00 bits per heavy atom. The summed E-state index contributed by atoms with van der Waals surface area (Å²) in [5.74, 6) is 0.837. The zero-order valence-corrected chi connectivity index (χ0v) is 9.46. The first-order valence-electron chi connectivity index (χ1n) is 4.64. The maximum Gasteiger partial charge on any atom is 0.227 e. The predicted molar refractivity (Wildman–Crippen MR) is 56.5 cm³/mol. The highest BCUT2D eigenvalue weighted by Crippen LogP contribution is 2.18. The molecule has 0 aliphatic carbocycles. The van der Waals surface area contributed by atoms with Crippen molar-refractivity contribution in [2.45, 2.75) is 6.42 Å². The van der Waals surface area contributed by atoms with Gasteiger partial charge >= 0.3 is 0 Å².